The zero-order chi connectivity index (χ0) is 16.6. The summed E-state index contributed by atoms with van der Waals surface area (Å²) in [4.78, 5) is 23.0. The van der Waals surface area contributed by atoms with Gasteiger partial charge in [-0.25, -0.2) is 4.79 Å². The molecule has 1 rings (SSSR count). The molecule has 6 heteroatoms. The van der Waals surface area contributed by atoms with Crippen LogP contribution in [-0.4, -0.2) is 37.2 Å². The van der Waals surface area contributed by atoms with Crippen molar-refractivity contribution in [3.05, 3.63) is 29.8 Å². The minimum Gasteiger partial charge on any atom is -0.444 e. The number of anilines is 1. The van der Waals surface area contributed by atoms with Crippen molar-refractivity contribution in [2.45, 2.75) is 33.3 Å². The van der Waals surface area contributed by atoms with Crippen LogP contribution >= 0.6 is 0 Å². The summed E-state index contributed by atoms with van der Waals surface area (Å²) in [5.41, 5.74) is 1.63. The van der Waals surface area contributed by atoms with Gasteiger partial charge in [0.25, 0.3) is 0 Å². The molecule has 0 radical (unpaired) electrons. The second-order valence-electron chi connectivity index (χ2n) is 5.95. The van der Waals surface area contributed by atoms with E-state index >= 15 is 0 Å². The smallest absolute Gasteiger partial charge is 0.408 e. The van der Waals surface area contributed by atoms with Crippen molar-refractivity contribution in [3.63, 3.8) is 0 Å². The van der Waals surface area contributed by atoms with Crippen molar-refractivity contribution in [1.29, 1.82) is 0 Å². The van der Waals surface area contributed by atoms with E-state index in [9.17, 15) is 9.59 Å². The van der Waals surface area contributed by atoms with Crippen LogP contribution in [0.1, 0.15) is 26.3 Å². The van der Waals surface area contributed by atoms with Gasteiger partial charge >= 0.3 is 6.09 Å². The highest BCUT2D eigenvalue weighted by molar-refractivity contribution is 5.82. The molecule has 0 saturated heterocycles. The summed E-state index contributed by atoms with van der Waals surface area (Å²) >= 11 is 0. The third-order valence-corrected chi connectivity index (χ3v) is 2.70. The first-order valence-electron chi connectivity index (χ1n) is 7.31. The average molecular weight is 307 g/mol. The maximum Gasteiger partial charge on any atom is 0.408 e. The van der Waals surface area contributed by atoms with E-state index in [1.807, 2.05) is 31.2 Å². The highest BCUT2D eigenvalue weighted by Gasteiger charge is 2.16. The lowest BCUT2D eigenvalue weighted by Crippen LogP contribution is -2.40. The number of amides is 2. The van der Waals surface area contributed by atoms with Crippen LogP contribution in [-0.2, 0) is 9.53 Å². The van der Waals surface area contributed by atoms with Crippen molar-refractivity contribution in [3.8, 4) is 0 Å². The monoisotopic (exact) mass is 307 g/mol. The average Bonchev–Trinajstić information content (AvgIpc) is 2.41. The lowest BCUT2D eigenvalue weighted by molar-refractivity contribution is -0.120. The van der Waals surface area contributed by atoms with E-state index < -0.39 is 11.7 Å². The molecule has 22 heavy (non-hydrogen) atoms. The summed E-state index contributed by atoms with van der Waals surface area (Å²) in [5.74, 6) is -0.252. The molecule has 122 valence electrons. The largest absolute Gasteiger partial charge is 0.444 e. The number of carbonyl (C=O) groups excluding carboxylic acids is 2. The van der Waals surface area contributed by atoms with Crippen LogP contribution in [0.25, 0.3) is 0 Å². The standard InChI is InChI=1S/C16H25N3O3/c1-12-7-5-6-8-13(12)17-9-10-18-14(20)11-19-15(21)22-16(2,3)4/h5-8,17H,9-11H2,1-4H3,(H,18,20)(H,19,21). The fraction of sp³-hybridized carbons (Fsp3) is 0.500. The number of benzene rings is 1. The normalized spacial score (nSPS) is 10.7. The molecule has 3 N–H and O–H groups in total. The molecule has 0 aliphatic carbocycles. The number of alkyl carbamates (subject to hydrolysis) is 1. The quantitative estimate of drug-likeness (QED) is 0.703. The molecule has 0 heterocycles. The Labute approximate surface area is 131 Å². The van der Waals surface area contributed by atoms with Crippen LogP contribution in [0.5, 0.6) is 0 Å². The summed E-state index contributed by atoms with van der Waals surface area (Å²) in [6.45, 7) is 8.31. The van der Waals surface area contributed by atoms with E-state index in [4.69, 9.17) is 4.74 Å². The summed E-state index contributed by atoms with van der Waals surface area (Å²) in [6, 6.07) is 7.94. The number of nitrogens with one attached hydrogen (secondary N) is 3. The first-order chi connectivity index (χ1) is 10.3. The lowest BCUT2D eigenvalue weighted by atomic mass is 10.2. The second-order valence-corrected chi connectivity index (χ2v) is 5.95. The maximum absolute atomic E-state index is 11.6. The fourth-order valence-electron chi connectivity index (χ4n) is 1.70. The van der Waals surface area contributed by atoms with Gasteiger partial charge in [0.15, 0.2) is 0 Å². The van der Waals surface area contributed by atoms with Gasteiger partial charge in [-0.2, -0.15) is 0 Å². The second kappa shape index (κ2) is 8.26. The number of carbonyl (C=O) groups is 2. The fourth-order valence-corrected chi connectivity index (χ4v) is 1.70. The van der Waals surface area contributed by atoms with Crippen LogP contribution < -0.4 is 16.0 Å². The number of hydrogen-bond acceptors (Lipinski definition) is 4. The van der Waals surface area contributed by atoms with E-state index in [0.717, 1.165) is 11.3 Å². The van der Waals surface area contributed by atoms with Gasteiger partial charge in [-0.15, -0.1) is 0 Å². The third kappa shape index (κ3) is 7.52. The molecule has 0 atom stereocenters. The molecule has 1 aromatic carbocycles. The van der Waals surface area contributed by atoms with Crippen molar-refractivity contribution in [2.24, 2.45) is 0 Å². The molecule has 0 bridgehead atoms. The van der Waals surface area contributed by atoms with Gasteiger partial charge in [-0.05, 0) is 39.3 Å². The van der Waals surface area contributed by atoms with Gasteiger partial charge in [0.05, 0.1) is 6.54 Å². The Bertz CT molecular complexity index is 510. The summed E-state index contributed by atoms with van der Waals surface area (Å²) < 4.78 is 5.04. The van der Waals surface area contributed by atoms with Gasteiger partial charge in [-0.1, -0.05) is 18.2 Å². The van der Waals surface area contributed by atoms with Gasteiger partial charge in [0, 0.05) is 18.8 Å². The summed E-state index contributed by atoms with van der Waals surface area (Å²) in [5, 5.41) is 8.37. The van der Waals surface area contributed by atoms with Crippen LogP contribution in [0.15, 0.2) is 24.3 Å². The van der Waals surface area contributed by atoms with Crippen LogP contribution in [0.3, 0.4) is 0 Å². The summed E-state index contributed by atoms with van der Waals surface area (Å²) in [7, 11) is 0. The molecule has 0 saturated carbocycles. The van der Waals surface area contributed by atoms with Crippen molar-refractivity contribution in [2.75, 3.05) is 25.0 Å². The van der Waals surface area contributed by atoms with E-state index in [1.165, 1.54) is 0 Å². The molecule has 0 fully saturated rings. The predicted molar refractivity (Wildman–Crippen MR) is 86.9 cm³/mol. The van der Waals surface area contributed by atoms with Crippen LogP contribution in [0, 0.1) is 6.92 Å². The molecular weight excluding hydrogens is 282 g/mol. The Balaban J connectivity index is 2.16. The molecule has 2 amide bonds. The van der Waals surface area contributed by atoms with E-state index in [0.29, 0.717) is 13.1 Å². The minimum absolute atomic E-state index is 0.0979. The van der Waals surface area contributed by atoms with Gasteiger partial charge in [0.1, 0.15) is 5.60 Å². The molecule has 0 aromatic heterocycles. The SMILES string of the molecule is Cc1ccccc1NCCNC(=O)CNC(=O)OC(C)(C)C. The van der Waals surface area contributed by atoms with Crippen molar-refractivity contribution < 1.29 is 14.3 Å². The number of aryl methyl sites for hydroxylation is 1. The van der Waals surface area contributed by atoms with Crippen molar-refractivity contribution in [1.82, 2.24) is 10.6 Å². The van der Waals surface area contributed by atoms with Crippen LogP contribution in [0.4, 0.5) is 10.5 Å². The molecular formula is C16H25N3O3. The number of para-hydroxylation sites is 1. The third-order valence-electron chi connectivity index (χ3n) is 2.70. The Morgan fingerprint density at radius 1 is 1.09 bits per heavy atom. The molecule has 0 unspecified atom stereocenters. The van der Waals surface area contributed by atoms with Crippen molar-refractivity contribution >= 4 is 17.7 Å². The van der Waals surface area contributed by atoms with Crippen LogP contribution in [0.2, 0.25) is 0 Å². The number of rotatable bonds is 6. The summed E-state index contributed by atoms with van der Waals surface area (Å²) in [6.07, 6.45) is -0.597. The molecule has 1 aromatic rings. The first kappa shape index (κ1) is 17.8. The zero-order valence-electron chi connectivity index (χ0n) is 13.7. The molecule has 0 aliphatic heterocycles. The highest BCUT2D eigenvalue weighted by atomic mass is 16.6. The Morgan fingerprint density at radius 3 is 2.41 bits per heavy atom. The maximum atomic E-state index is 11.6. The number of hydrogen-bond donors (Lipinski definition) is 3. The lowest BCUT2D eigenvalue weighted by Gasteiger charge is -2.19. The highest BCUT2D eigenvalue weighted by Crippen LogP contribution is 2.12. The van der Waals surface area contributed by atoms with E-state index in [-0.39, 0.29) is 12.5 Å². The Hall–Kier alpha value is -2.24. The zero-order valence-corrected chi connectivity index (χ0v) is 13.7. The predicted octanol–water partition coefficient (Wildman–Crippen LogP) is 2.05. The van der Waals surface area contributed by atoms with Gasteiger partial charge < -0.3 is 20.7 Å². The number of ether oxygens (including phenoxy) is 1. The van der Waals surface area contributed by atoms with E-state index in [1.54, 1.807) is 20.8 Å². The molecule has 0 aliphatic rings. The van der Waals surface area contributed by atoms with E-state index in [2.05, 4.69) is 16.0 Å². The van der Waals surface area contributed by atoms with Gasteiger partial charge in [0.2, 0.25) is 5.91 Å². The minimum atomic E-state index is -0.597. The topological polar surface area (TPSA) is 79.5 Å². The molecule has 0 spiro atoms. The Kier molecular flexibility index (Phi) is 6.69. The molecule has 6 nitrogen and oxygen atoms in total. The Morgan fingerprint density at radius 2 is 1.77 bits per heavy atom. The first-order valence-corrected chi connectivity index (χ1v) is 7.31. The van der Waals surface area contributed by atoms with Gasteiger partial charge in [-0.3, -0.25) is 4.79 Å².